The summed E-state index contributed by atoms with van der Waals surface area (Å²) in [5.74, 6) is -6.39. The van der Waals surface area contributed by atoms with Crippen LogP contribution in [0.5, 0.6) is 0 Å². The molecule has 8 atom stereocenters. The van der Waals surface area contributed by atoms with Crippen LogP contribution in [0, 0.1) is 17.8 Å². The number of aliphatic carboxylic acids is 1. The fourth-order valence-electron chi connectivity index (χ4n) is 6.31. The molecular formula is C37H69N11O9. The lowest BCUT2D eigenvalue weighted by molar-refractivity contribution is -0.145. The molecule has 20 heteroatoms. The molecule has 0 saturated carbocycles. The molecule has 1 fully saturated rings. The molecule has 57 heavy (non-hydrogen) atoms. The van der Waals surface area contributed by atoms with Gasteiger partial charge in [0.2, 0.25) is 35.4 Å². The van der Waals surface area contributed by atoms with Crippen LogP contribution in [0.4, 0.5) is 0 Å². The van der Waals surface area contributed by atoms with E-state index in [-0.39, 0.29) is 50.7 Å². The molecule has 0 spiro atoms. The van der Waals surface area contributed by atoms with Crippen molar-refractivity contribution in [2.75, 3.05) is 26.2 Å². The number of nitrogens with two attached hydrogens (primary N) is 4. The lowest BCUT2D eigenvalue weighted by atomic mass is 9.96. The van der Waals surface area contributed by atoms with Crippen molar-refractivity contribution in [2.24, 2.45) is 45.7 Å². The summed E-state index contributed by atoms with van der Waals surface area (Å²) < 4.78 is 0. The van der Waals surface area contributed by atoms with Gasteiger partial charge in [0, 0.05) is 13.1 Å². The Bertz CT molecular complexity index is 1380. The summed E-state index contributed by atoms with van der Waals surface area (Å²) in [4.78, 5) is 98.2. The Labute approximate surface area is 335 Å². The average Bonchev–Trinajstić information content (AvgIpc) is 3.65. The highest BCUT2D eigenvalue weighted by atomic mass is 16.4. The summed E-state index contributed by atoms with van der Waals surface area (Å²) >= 11 is 0. The molecule has 0 bridgehead atoms. The largest absolute Gasteiger partial charge is 0.480 e. The number of carboxylic acids is 1. The Morgan fingerprint density at radius 2 is 1.39 bits per heavy atom. The molecule has 6 amide bonds. The van der Waals surface area contributed by atoms with E-state index < -0.39 is 102 Å². The van der Waals surface area contributed by atoms with E-state index in [1.165, 1.54) is 4.90 Å². The van der Waals surface area contributed by atoms with Crippen LogP contribution in [-0.2, 0) is 33.6 Å². The minimum absolute atomic E-state index is 0.0228. The highest BCUT2D eigenvalue weighted by Gasteiger charge is 2.41. The molecule has 15 N–H and O–H groups in total. The maximum absolute atomic E-state index is 14.2. The highest BCUT2D eigenvalue weighted by molar-refractivity contribution is 5.97. The second kappa shape index (κ2) is 25.6. The maximum Gasteiger partial charge on any atom is 0.326 e. The van der Waals surface area contributed by atoms with Gasteiger partial charge in [0.15, 0.2) is 5.96 Å². The SMILES string of the molecule is CC[C@H](C)[C@H](NC(=O)[C@H](CCCN=C(N)N)NC(=O)[C@H](CC(C)C)NC(=O)[C@@H](N)CCCCN)C(=O)N1CCC[C@H]1C(=O)N[C@@H](CO)C(=O)N[C@H](C(=O)O)C(C)C. The van der Waals surface area contributed by atoms with Gasteiger partial charge in [-0.25, -0.2) is 4.79 Å². The van der Waals surface area contributed by atoms with E-state index >= 15 is 0 Å². The molecule has 1 saturated heterocycles. The summed E-state index contributed by atoms with van der Waals surface area (Å²) in [6, 6.07) is -8.00. The Balaban J connectivity index is 3.30. The second-order valence-corrected chi connectivity index (χ2v) is 15.5. The van der Waals surface area contributed by atoms with Gasteiger partial charge in [-0.15, -0.1) is 0 Å². The molecule has 0 aliphatic carbocycles. The molecule has 326 valence electrons. The fourth-order valence-corrected chi connectivity index (χ4v) is 6.31. The zero-order valence-electron chi connectivity index (χ0n) is 34.4. The fraction of sp³-hybridized carbons (Fsp3) is 0.784. The summed E-state index contributed by atoms with van der Waals surface area (Å²) in [6.45, 7) is 10.5. The van der Waals surface area contributed by atoms with Crippen molar-refractivity contribution in [3.05, 3.63) is 0 Å². The molecule has 0 unspecified atom stereocenters. The number of amides is 6. The van der Waals surface area contributed by atoms with E-state index in [1.54, 1.807) is 20.8 Å². The minimum Gasteiger partial charge on any atom is -0.480 e. The average molecular weight is 812 g/mol. The number of carbonyl (C=O) groups excluding carboxylic acids is 6. The van der Waals surface area contributed by atoms with Gasteiger partial charge < -0.3 is 64.6 Å². The molecule has 0 radical (unpaired) electrons. The first-order chi connectivity index (χ1) is 26.8. The number of carboxylic acid groups (broad SMARTS) is 1. The van der Waals surface area contributed by atoms with Crippen molar-refractivity contribution in [3.63, 3.8) is 0 Å². The number of nitrogens with one attached hydrogen (secondary N) is 5. The molecule has 0 aromatic rings. The number of likely N-dealkylation sites (tertiary alicyclic amines) is 1. The molecule has 0 aromatic carbocycles. The number of nitrogens with zero attached hydrogens (tertiary/aromatic N) is 2. The van der Waals surface area contributed by atoms with Gasteiger partial charge in [-0.2, -0.15) is 0 Å². The van der Waals surface area contributed by atoms with E-state index in [0.717, 1.165) is 0 Å². The van der Waals surface area contributed by atoms with E-state index in [4.69, 9.17) is 22.9 Å². The Hall–Kier alpha value is -4.56. The number of rotatable bonds is 26. The van der Waals surface area contributed by atoms with Gasteiger partial charge in [0.25, 0.3) is 0 Å². The van der Waals surface area contributed by atoms with Crippen LogP contribution in [0.3, 0.4) is 0 Å². The van der Waals surface area contributed by atoms with E-state index in [0.29, 0.717) is 38.6 Å². The van der Waals surface area contributed by atoms with Crippen LogP contribution in [0.15, 0.2) is 4.99 Å². The van der Waals surface area contributed by atoms with E-state index in [1.807, 2.05) is 20.8 Å². The van der Waals surface area contributed by atoms with Crippen LogP contribution in [0.2, 0.25) is 0 Å². The quantitative estimate of drug-likeness (QED) is 0.0250. The van der Waals surface area contributed by atoms with Crippen LogP contribution < -0.4 is 49.5 Å². The Morgan fingerprint density at radius 3 is 1.93 bits per heavy atom. The number of aliphatic hydroxyl groups is 1. The van der Waals surface area contributed by atoms with E-state index in [2.05, 4.69) is 31.6 Å². The predicted octanol–water partition coefficient (Wildman–Crippen LogP) is -2.26. The number of unbranched alkanes of at least 4 members (excludes halogenated alkanes) is 1. The molecule has 20 nitrogen and oxygen atoms in total. The third kappa shape index (κ3) is 17.2. The molecule has 1 rings (SSSR count). The Kier molecular flexibility index (Phi) is 22.7. The van der Waals surface area contributed by atoms with Gasteiger partial charge in [-0.1, -0.05) is 54.4 Å². The first-order valence-electron chi connectivity index (χ1n) is 20.0. The van der Waals surface area contributed by atoms with Gasteiger partial charge in [-0.05, 0) is 69.2 Å². The van der Waals surface area contributed by atoms with Gasteiger partial charge in [-0.3, -0.25) is 33.8 Å². The topological polar surface area (TPSA) is 340 Å². The molecular weight excluding hydrogens is 742 g/mol. The third-order valence-electron chi connectivity index (χ3n) is 9.89. The van der Waals surface area contributed by atoms with Crippen LogP contribution in [-0.4, -0.2) is 131 Å². The Morgan fingerprint density at radius 1 is 0.789 bits per heavy atom. The van der Waals surface area contributed by atoms with Crippen molar-refractivity contribution < 1.29 is 43.8 Å². The summed E-state index contributed by atoms with van der Waals surface area (Å²) in [5.41, 5.74) is 22.6. The van der Waals surface area contributed by atoms with Gasteiger partial charge in [0.1, 0.15) is 36.3 Å². The first-order valence-corrected chi connectivity index (χ1v) is 20.0. The zero-order valence-corrected chi connectivity index (χ0v) is 34.4. The standard InChI is InChI=1S/C37H69N11O9/c1-7-22(6)29(35(55)48-17-11-14-27(48)34(54)45-26(19-49)33(53)46-28(21(4)5)36(56)57)47-31(51)24(13-10-16-42-37(40)41)43-32(52)25(18-20(2)3)44-30(50)23(39)12-8-9-15-38/h20-29,49H,7-19,38-39H2,1-6H3,(H,43,52)(H,44,50)(H,45,54)(H,46,53)(H,47,51)(H,56,57)(H4,40,41,42)/t22-,23-,24-,25-,26-,27-,28-,29-/m0/s1. The van der Waals surface area contributed by atoms with Crippen LogP contribution in [0.1, 0.15) is 99.3 Å². The molecule has 0 aromatic heterocycles. The molecule has 1 heterocycles. The maximum atomic E-state index is 14.2. The number of hydrogen-bond acceptors (Lipinski definition) is 11. The third-order valence-corrected chi connectivity index (χ3v) is 9.89. The molecule has 1 aliphatic rings. The van der Waals surface area contributed by atoms with Crippen molar-refractivity contribution in [1.82, 2.24) is 31.5 Å². The number of carbonyl (C=O) groups is 7. The number of aliphatic hydroxyl groups excluding tert-OH is 1. The number of hydrogen-bond donors (Lipinski definition) is 11. The highest BCUT2D eigenvalue weighted by Crippen LogP contribution is 2.22. The van der Waals surface area contributed by atoms with E-state index in [9.17, 15) is 43.8 Å². The number of aliphatic imine (C=N–C) groups is 1. The normalized spacial score (nSPS) is 17.7. The first kappa shape index (κ1) is 50.5. The minimum atomic E-state index is -1.49. The summed E-state index contributed by atoms with van der Waals surface area (Å²) in [7, 11) is 0. The van der Waals surface area contributed by atoms with Crippen molar-refractivity contribution in [1.29, 1.82) is 0 Å². The van der Waals surface area contributed by atoms with Crippen molar-refractivity contribution >= 4 is 47.4 Å². The van der Waals surface area contributed by atoms with Crippen LogP contribution >= 0.6 is 0 Å². The number of guanidine groups is 1. The smallest absolute Gasteiger partial charge is 0.326 e. The second-order valence-electron chi connectivity index (χ2n) is 15.5. The van der Waals surface area contributed by atoms with Crippen molar-refractivity contribution in [2.45, 2.75) is 142 Å². The zero-order chi connectivity index (χ0) is 43.4. The summed E-state index contributed by atoms with van der Waals surface area (Å²) in [5, 5.41) is 32.4. The van der Waals surface area contributed by atoms with Gasteiger partial charge in [0.05, 0.1) is 12.6 Å². The lowest BCUT2D eigenvalue weighted by Gasteiger charge is -2.33. The van der Waals surface area contributed by atoms with Gasteiger partial charge >= 0.3 is 5.97 Å². The lowest BCUT2D eigenvalue weighted by Crippen LogP contribution is -2.61. The van der Waals surface area contributed by atoms with Crippen LogP contribution in [0.25, 0.3) is 0 Å². The summed E-state index contributed by atoms with van der Waals surface area (Å²) in [6.07, 6.45) is 3.39. The van der Waals surface area contributed by atoms with Crippen molar-refractivity contribution in [3.8, 4) is 0 Å². The monoisotopic (exact) mass is 812 g/mol. The predicted molar refractivity (Wildman–Crippen MR) is 214 cm³/mol. The molecule has 1 aliphatic heterocycles.